The zero-order chi connectivity index (χ0) is 16.9. The molecule has 23 heavy (non-hydrogen) atoms. The van der Waals surface area contributed by atoms with Crippen LogP contribution in [0.3, 0.4) is 0 Å². The highest BCUT2D eigenvalue weighted by Gasteiger charge is 2.55. The van der Waals surface area contributed by atoms with Crippen molar-refractivity contribution in [1.82, 2.24) is 0 Å². The summed E-state index contributed by atoms with van der Waals surface area (Å²) in [7, 11) is 1.86. The molecule has 0 spiro atoms. The van der Waals surface area contributed by atoms with Crippen molar-refractivity contribution in [3.05, 3.63) is 23.8 Å². The first-order valence-corrected chi connectivity index (χ1v) is 9.31. The largest absolute Gasteiger partial charge is 0.396 e. The second kappa shape index (κ2) is 5.74. The number of allylic oxidation sites excluding steroid dienone is 2. The number of fused-ring (bicyclic) bond motifs is 2. The van der Waals surface area contributed by atoms with Crippen molar-refractivity contribution in [3.8, 4) is 0 Å². The summed E-state index contributed by atoms with van der Waals surface area (Å²) in [5.41, 5.74) is 3.74. The topological polar surface area (TPSA) is 29.5 Å². The number of ether oxygens (including phenoxy) is 1. The SMILES string of the molecule is C=C[C@@]1(C)CCC2=C(C1)[C@H](OC)C[C@H]1[C@](C)(CO)CCC[C@]21C. The van der Waals surface area contributed by atoms with Gasteiger partial charge < -0.3 is 9.84 Å². The van der Waals surface area contributed by atoms with E-state index in [-0.39, 0.29) is 22.3 Å². The fraction of sp³-hybridized carbons (Fsp3) is 0.810. The highest BCUT2D eigenvalue weighted by Crippen LogP contribution is 2.63. The van der Waals surface area contributed by atoms with Gasteiger partial charge in [-0.05, 0) is 66.3 Å². The third-order valence-electron chi connectivity index (χ3n) is 7.65. The molecule has 0 bridgehead atoms. The highest BCUT2D eigenvalue weighted by molar-refractivity contribution is 5.35. The maximum Gasteiger partial charge on any atom is 0.0787 e. The van der Waals surface area contributed by atoms with E-state index in [9.17, 15) is 5.11 Å². The Balaban J connectivity index is 2.07. The Morgan fingerprint density at radius 3 is 2.61 bits per heavy atom. The molecule has 2 nitrogen and oxygen atoms in total. The van der Waals surface area contributed by atoms with Crippen molar-refractivity contribution < 1.29 is 9.84 Å². The highest BCUT2D eigenvalue weighted by atomic mass is 16.5. The standard InChI is InChI=1S/C21H34O2/c1-6-19(2)11-8-16-15(13-19)17(23-5)12-18-20(3,14-22)9-7-10-21(16,18)4/h6,17-18,22H,1,7-14H2,2-5H3/t17-,18+,19+,20+,21-/m1/s1. The lowest BCUT2D eigenvalue weighted by Gasteiger charge is -2.59. The Morgan fingerprint density at radius 1 is 1.26 bits per heavy atom. The second-order valence-electron chi connectivity index (χ2n) is 9.13. The average molecular weight is 319 g/mol. The van der Waals surface area contributed by atoms with Crippen LogP contribution in [-0.4, -0.2) is 24.9 Å². The zero-order valence-corrected chi connectivity index (χ0v) is 15.5. The minimum Gasteiger partial charge on any atom is -0.396 e. The normalized spacial score (nSPS) is 47.0. The van der Waals surface area contributed by atoms with E-state index in [0.29, 0.717) is 12.5 Å². The zero-order valence-electron chi connectivity index (χ0n) is 15.5. The van der Waals surface area contributed by atoms with E-state index in [2.05, 4.69) is 33.4 Å². The fourth-order valence-corrected chi connectivity index (χ4v) is 6.00. The van der Waals surface area contributed by atoms with E-state index >= 15 is 0 Å². The van der Waals surface area contributed by atoms with Crippen molar-refractivity contribution in [2.45, 2.75) is 71.8 Å². The van der Waals surface area contributed by atoms with E-state index in [1.807, 2.05) is 7.11 Å². The number of aliphatic hydroxyl groups excluding tert-OH is 1. The molecule has 0 amide bonds. The van der Waals surface area contributed by atoms with Gasteiger partial charge in [0.05, 0.1) is 6.10 Å². The summed E-state index contributed by atoms with van der Waals surface area (Å²) in [6, 6.07) is 0. The summed E-state index contributed by atoms with van der Waals surface area (Å²) in [4.78, 5) is 0. The van der Waals surface area contributed by atoms with Crippen molar-refractivity contribution in [1.29, 1.82) is 0 Å². The molecule has 3 rings (SSSR count). The molecule has 3 aliphatic rings. The lowest BCUT2D eigenvalue weighted by molar-refractivity contribution is -0.0692. The van der Waals surface area contributed by atoms with Crippen LogP contribution in [0.15, 0.2) is 23.8 Å². The summed E-state index contributed by atoms with van der Waals surface area (Å²) >= 11 is 0. The Hall–Kier alpha value is -0.600. The van der Waals surface area contributed by atoms with Gasteiger partial charge in [0.15, 0.2) is 0 Å². The predicted molar refractivity (Wildman–Crippen MR) is 95.2 cm³/mol. The van der Waals surface area contributed by atoms with Crippen LogP contribution in [-0.2, 0) is 4.74 Å². The van der Waals surface area contributed by atoms with Crippen LogP contribution in [0, 0.1) is 22.2 Å². The molecule has 0 aromatic rings. The van der Waals surface area contributed by atoms with Crippen LogP contribution in [0.2, 0.25) is 0 Å². The molecule has 1 N–H and O–H groups in total. The van der Waals surface area contributed by atoms with E-state index in [1.54, 1.807) is 11.1 Å². The number of hydrogen-bond donors (Lipinski definition) is 1. The summed E-state index contributed by atoms with van der Waals surface area (Å²) in [6.45, 7) is 11.5. The van der Waals surface area contributed by atoms with Gasteiger partial charge in [-0.25, -0.2) is 0 Å². The molecule has 130 valence electrons. The smallest absolute Gasteiger partial charge is 0.0787 e. The van der Waals surface area contributed by atoms with Crippen LogP contribution >= 0.6 is 0 Å². The van der Waals surface area contributed by atoms with Gasteiger partial charge in [-0.1, -0.05) is 38.8 Å². The first kappa shape index (κ1) is 17.2. The first-order chi connectivity index (χ1) is 10.8. The Morgan fingerprint density at radius 2 is 2.00 bits per heavy atom. The van der Waals surface area contributed by atoms with Crippen LogP contribution in [0.25, 0.3) is 0 Å². The lowest BCUT2D eigenvalue weighted by atomic mass is 9.47. The molecule has 1 saturated carbocycles. The quantitative estimate of drug-likeness (QED) is 0.751. The molecule has 0 unspecified atom stereocenters. The van der Waals surface area contributed by atoms with Gasteiger partial charge in [0.2, 0.25) is 0 Å². The Labute approximate surface area is 142 Å². The minimum absolute atomic E-state index is 0.0432. The minimum atomic E-state index is 0.0432. The third-order valence-corrected chi connectivity index (χ3v) is 7.65. The molecular weight excluding hydrogens is 284 g/mol. The summed E-state index contributed by atoms with van der Waals surface area (Å²) in [5, 5.41) is 10.1. The van der Waals surface area contributed by atoms with Crippen molar-refractivity contribution in [3.63, 3.8) is 0 Å². The van der Waals surface area contributed by atoms with Gasteiger partial charge in [0.1, 0.15) is 0 Å². The molecular formula is C21H34O2. The average Bonchev–Trinajstić information content (AvgIpc) is 2.54. The number of aliphatic hydroxyl groups is 1. The molecule has 0 aromatic carbocycles. The monoisotopic (exact) mass is 318 g/mol. The maximum absolute atomic E-state index is 10.1. The number of hydrogen-bond acceptors (Lipinski definition) is 2. The van der Waals surface area contributed by atoms with Crippen LogP contribution in [0.1, 0.15) is 65.7 Å². The molecule has 0 aliphatic heterocycles. The van der Waals surface area contributed by atoms with Crippen LogP contribution in [0.5, 0.6) is 0 Å². The van der Waals surface area contributed by atoms with Gasteiger partial charge in [0, 0.05) is 13.7 Å². The summed E-state index contributed by atoms with van der Waals surface area (Å²) in [5.74, 6) is 0.533. The van der Waals surface area contributed by atoms with Crippen LogP contribution in [0.4, 0.5) is 0 Å². The molecule has 0 heterocycles. The van der Waals surface area contributed by atoms with Gasteiger partial charge in [-0.3, -0.25) is 0 Å². The van der Waals surface area contributed by atoms with E-state index < -0.39 is 0 Å². The Bertz CT molecular complexity index is 522. The van der Waals surface area contributed by atoms with Gasteiger partial charge in [-0.15, -0.1) is 6.58 Å². The maximum atomic E-state index is 10.1. The van der Waals surface area contributed by atoms with Crippen molar-refractivity contribution >= 4 is 0 Å². The van der Waals surface area contributed by atoms with E-state index in [0.717, 1.165) is 19.3 Å². The van der Waals surface area contributed by atoms with Crippen molar-refractivity contribution in [2.24, 2.45) is 22.2 Å². The lowest BCUT2D eigenvalue weighted by Crippen LogP contribution is -2.52. The molecule has 3 aliphatic carbocycles. The molecule has 0 saturated heterocycles. The van der Waals surface area contributed by atoms with Crippen molar-refractivity contribution in [2.75, 3.05) is 13.7 Å². The molecule has 1 fully saturated rings. The second-order valence-corrected chi connectivity index (χ2v) is 9.13. The number of rotatable bonds is 3. The fourth-order valence-electron chi connectivity index (χ4n) is 6.00. The third kappa shape index (κ3) is 2.53. The molecule has 0 radical (unpaired) electrons. The molecule has 5 atom stereocenters. The van der Waals surface area contributed by atoms with Gasteiger partial charge in [-0.2, -0.15) is 0 Å². The summed E-state index contributed by atoms with van der Waals surface area (Å²) in [6.07, 6.45) is 10.6. The van der Waals surface area contributed by atoms with Gasteiger partial charge >= 0.3 is 0 Å². The first-order valence-electron chi connectivity index (χ1n) is 9.31. The molecule has 0 aromatic heterocycles. The van der Waals surface area contributed by atoms with Crippen LogP contribution < -0.4 is 0 Å². The van der Waals surface area contributed by atoms with E-state index in [1.165, 1.54) is 25.7 Å². The van der Waals surface area contributed by atoms with Gasteiger partial charge in [0.25, 0.3) is 0 Å². The Kier molecular flexibility index (Phi) is 4.30. The predicted octanol–water partition coefficient (Wildman–Crippen LogP) is 4.88. The number of methoxy groups -OCH3 is 1. The van der Waals surface area contributed by atoms with E-state index in [4.69, 9.17) is 4.74 Å². The molecule has 2 heteroatoms. The summed E-state index contributed by atoms with van der Waals surface area (Å²) < 4.78 is 5.96.